The molecule has 1 heterocycles. The molecule has 0 unspecified atom stereocenters. The van der Waals surface area contributed by atoms with Gasteiger partial charge in [0.25, 0.3) is 0 Å². The fourth-order valence-electron chi connectivity index (χ4n) is 2.05. The number of anilines is 1. The maximum absolute atomic E-state index is 11.9. The number of hydrogen-bond acceptors (Lipinski definition) is 5. The zero-order valence-corrected chi connectivity index (χ0v) is 11.5. The van der Waals surface area contributed by atoms with Crippen LogP contribution in [0, 0.1) is 0 Å². The van der Waals surface area contributed by atoms with Gasteiger partial charge in [-0.3, -0.25) is 9.59 Å². The van der Waals surface area contributed by atoms with E-state index in [-0.39, 0.29) is 25.0 Å². The Morgan fingerprint density at radius 3 is 2.95 bits per heavy atom. The maximum Gasteiger partial charge on any atom is 0.331 e. The van der Waals surface area contributed by atoms with E-state index in [0.29, 0.717) is 31.7 Å². The number of ether oxygens (including phenoxy) is 1. The van der Waals surface area contributed by atoms with Crippen LogP contribution >= 0.6 is 0 Å². The Morgan fingerprint density at radius 2 is 2.14 bits per heavy atom. The maximum atomic E-state index is 11.9. The van der Waals surface area contributed by atoms with Crippen molar-refractivity contribution in [3.8, 4) is 5.75 Å². The first-order valence-electron chi connectivity index (χ1n) is 6.69. The molecule has 0 fully saturated rings. The lowest BCUT2D eigenvalue weighted by Gasteiger charge is -2.29. The Kier molecular flexibility index (Phi) is 5.14. The summed E-state index contributed by atoms with van der Waals surface area (Å²) >= 11 is 0. The van der Waals surface area contributed by atoms with Crippen LogP contribution in [0.4, 0.5) is 5.69 Å². The first-order chi connectivity index (χ1) is 10.2. The van der Waals surface area contributed by atoms with Gasteiger partial charge in [0, 0.05) is 13.1 Å². The number of carbonyl (C=O) groups excluding carboxylic acids is 3. The van der Waals surface area contributed by atoms with Crippen molar-refractivity contribution in [2.24, 2.45) is 0 Å². The monoisotopic (exact) mass is 291 g/mol. The lowest BCUT2D eigenvalue weighted by atomic mass is 10.2. The summed E-state index contributed by atoms with van der Waals surface area (Å²) in [6.45, 7) is 1.13. The molecule has 1 aliphatic heterocycles. The molecule has 1 aromatic rings. The van der Waals surface area contributed by atoms with Gasteiger partial charge < -0.3 is 20.3 Å². The topological polar surface area (TPSA) is 87.7 Å². The van der Waals surface area contributed by atoms with E-state index >= 15 is 0 Å². The van der Waals surface area contributed by atoms with Crippen molar-refractivity contribution in [1.29, 1.82) is 0 Å². The molecule has 1 aliphatic rings. The third kappa shape index (κ3) is 4.20. The molecule has 21 heavy (non-hydrogen) atoms. The highest BCUT2D eigenvalue weighted by Crippen LogP contribution is 2.30. The summed E-state index contributed by atoms with van der Waals surface area (Å²) in [6, 6.07) is 7.11. The molecule has 0 bridgehead atoms. The number of carbonyl (C=O) groups is 3. The van der Waals surface area contributed by atoms with Gasteiger partial charge in [0.15, 0.2) is 5.75 Å². The predicted octanol–water partition coefficient (Wildman–Crippen LogP) is -0.336. The zero-order valence-electron chi connectivity index (χ0n) is 11.5. The molecular formula is C14H17N3O4. The third-order valence-corrected chi connectivity index (χ3v) is 2.99. The van der Waals surface area contributed by atoms with Crippen molar-refractivity contribution in [3.63, 3.8) is 0 Å². The van der Waals surface area contributed by atoms with Gasteiger partial charge in [0.2, 0.25) is 12.3 Å². The van der Waals surface area contributed by atoms with E-state index < -0.39 is 0 Å². The highest BCUT2D eigenvalue weighted by atomic mass is 16.5. The summed E-state index contributed by atoms with van der Waals surface area (Å²) in [5.41, 5.74) is 0.731. The quantitative estimate of drug-likeness (QED) is 0.311. The highest BCUT2D eigenvalue weighted by Gasteiger charge is 2.24. The van der Waals surface area contributed by atoms with Crippen LogP contribution in [-0.2, 0) is 14.4 Å². The summed E-state index contributed by atoms with van der Waals surface area (Å²) in [4.78, 5) is 35.1. The van der Waals surface area contributed by atoms with Gasteiger partial charge >= 0.3 is 5.97 Å². The van der Waals surface area contributed by atoms with Gasteiger partial charge in [-0.15, -0.1) is 0 Å². The largest absolute Gasteiger partial charge is 0.423 e. The SMILES string of the molecule is O=CNCCCNC(=O)CN1CC(=O)Oc2ccccc21. The number of rotatable bonds is 7. The molecule has 0 saturated heterocycles. The number of nitrogens with one attached hydrogen (secondary N) is 2. The van der Waals surface area contributed by atoms with Crippen LogP contribution < -0.4 is 20.3 Å². The Hall–Kier alpha value is -2.57. The number of amides is 2. The van der Waals surface area contributed by atoms with Crippen molar-refractivity contribution in [2.75, 3.05) is 31.1 Å². The Balaban J connectivity index is 1.86. The van der Waals surface area contributed by atoms with Gasteiger partial charge in [0.05, 0.1) is 12.2 Å². The van der Waals surface area contributed by atoms with Crippen LogP contribution in [0.1, 0.15) is 6.42 Å². The lowest BCUT2D eigenvalue weighted by molar-refractivity contribution is -0.133. The van der Waals surface area contributed by atoms with Crippen molar-refractivity contribution < 1.29 is 19.1 Å². The molecule has 0 aromatic heterocycles. The van der Waals surface area contributed by atoms with E-state index in [0.717, 1.165) is 5.69 Å². The number of benzene rings is 1. The number of esters is 1. The lowest BCUT2D eigenvalue weighted by Crippen LogP contribution is -2.43. The minimum Gasteiger partial charge on any atom is -0.423 e. The average Bonchev–Trinajstić information content (AvgIpc) is 2.47. The molecule has 0 aliphatic carbocycles. The summed E-state index contributed by atoms with van der Waals surface area (Å²) in [5, 5.41) is 5.26. The fourth-order valence-corrected chi connectivity index (χ4v) is 2.05. The number of nitrogens with zero attached hydrogens (tertiary/aromatic N) is 1. The van der Waals surface area contributed by atoms with E-state index in [1.54, 1.807) is 17.0 Å². The van der Waals surface area contributed by atoms with Crippen molar-refractivity contribution in [2.45, 2.75) is 6.42 Å². The number of hydrogen-bond donors (Lipinski definition) is 2. The van der Waals surface area contributed by atoms with Crippen molar-refractivity contribution in [1.82, 2.24) is 10.6 Å². The second-order valence-corrected chi connectivity index (χ2v) is 4.57. The van der Waals surface area contributed by atoms with E-state index in [1.807, 2.05) is 12.1 Å². The molecule has 2 N–H and O–H groups in total. The molecule has 0 atom stereocenters. The molecule has 7 heteroatoms. The van der Waals surface area contributed by atoms with Gasteiger partial charge in [-0.05, 0) is 18.6 Å². The first-order valence-corrected chi connectivity index (χ1v) is 6.69. The second-order valence-electron chi connectivity index (χ2n) is 4.57. The van der Waals surface area contributed by atoms with Crippen LogP contribution in [-0.4, -0.2) is 44.5 Å². The standard InChI is InChI=1S/C14H17N3O4/c18-10-15-6-3-7-16-13(19)8-17-9-14(20)21-12-5-2-1-4-11(12)17/h1-2,4-5,10H,3,6-9H2,(H,15,18)(H,16,19). The second kappa shape index (κ2) is 7.28. The van der Waals surface area contributed by atoms with Crippen LogP contribution in [0.15, 0.2) is 24.3 Å². The van der Waals surface area contributed by atoms with Crippen molar-refractivity contribution >= 4 is 24.0 Å². The third-order valence-electron chi connectivity index (χ3n) is 2.99. The van der Waals surface area contributed by atoms with Gasteiger partial charge in [-0.1, -0.05) is 12.1 Å². The molecule has 112 valence electrons. The molecular weight excluding hydrogens is 274 g/mol. The summed E-state index contributed by atoms with van der Waals surface area (Å²) in [6.07, 6.45) is 1.28. The highest BCUT2D eigenvalue weighted by molar-refractivity contribution is 5.89. The van der Waals surface area contributed by atoms with Crippen molar-refractivity contribution in [3.05, 3.63) is 24.3 Å². The van der Waals surface area contributed by atoms with Crippen LogP contribution in [0.2, 0.25) is 0 Å². The molecule has 0 saturated carbocycles. The van der Waals surface area contributed by atoms with Crippen LogP contribution in [0.3, 0.4) is 0 Å². The molecule has 7 nitrogen and oxygen atoms in total. The Bertz CT molecular complexity index is 533. The molecule has 0 spiro atoms. The number of fused-ring (bicyclic) bond motifs is 1. The van der Waals surface area contributed by atoms with Crippen LogP contribution in [0.5, 0.6) is 5.75 Å². The minimum atomic E-state index is -0.378. The van der Waals surface area contributed by atoms with Gasteiger partial charge in [-0.25, -0.2) is 4.79 Å². The van der Waals surface area contributed by atoms with E-state index in [1.165, 1.54) is 0 Å². The summed E-state index contributed by atoms with van der Waals surface area (Å²) < 4.78 is 5.12. The molecule has 0 radical (unpaired) electrons. The predicted molar refractivity (Wildman–Crippen MR) is 76.0 cm³/mol. The molecule has 2 amide bonds. The van der Waals surface area contributed by atoms with E-state index in [4.69, 9.17) is 4.74 Å². The smallest absolute Gasteiger partial charge is 0.331 e. The van der Waals surface area contributed by atoms with Crippen LogP contribution in [0.25, 0.3) is 0 Å². The first kappa shape index (κ1) is 14.8. The minimum absolute atomic E-state index is 0.0527. The fraction of sp³-hybridized carbons (Fsp3) is 0.357. The Labute approximate surface area is 122 Å². The molecule has 1 aromatic carbocycles. The average molecular weight is 291 g/mol. The van der Waals surface area contributed by atoms with E-state index in [2.05, 4.69) is 10.6 Å². The summed E-state index contributed by atoms with van der Waals surface area (Å²) in [5.74, 6) is -0.0842. The van der Waals surface area contributed by atoms with Gasteiger partial charge in [0.1, 0.15) is 6.54 Å². The molecule has 2 rings (SSSR count). The normalized spacial score (nSPS) is 13.1. The van der Waals surface area contributed by atoms with Gasteiger partial charge in [-0.2, -0.15) is 0 Å². The van der Waals surface area contributed by atoms with E-state index in [9.17, 15) is 14.4 Å². The summed E-state index contributed by atoms with van der Waals surface area (Å²) in [7, 11) is 0. The zero-order chi connectivity index (χ0) is 15.1. The number of para-hydroxylation sites is 2. The Morgan fingerprint density at radius 1 is 1.33 bits per heavy atom.